The molecule has 3 rings (SSSR count). The molecule has 4 N–H and O–H groups in total. The van der Waals surface area contributed by atoms with E-state index in [1.807, 2.05) is 12.1 Å². The lowest BCUT2D eigenvalue weighted by molar-refractivity contribution is 0.0953. The molecular formula is C18H16ClN3O2. The van der Waals surface area contributed by atoms with E-state index >= 15 is 0 Å². The maximum absolute atomic E-state index is 12.3. The van der Waals surface area contributed by atoms with Crippen molar-refractivity contribution < 1.29 is 4.79 Å². The van der Waals surface area contributed by atoms with Crippen molar-refractivity contribution in [2.45, 2.75) is 6.42 Å². The number of pyridine rings is 1. The van der Waals surface area contributed by atoms with Gasteiger partial charge in [0.2, 0.25) is 0 Å². The predicted molar refractivity (Wildman–Crippen MR) is 96.5 cm³/mol. The zero-order valence-corrected chi connectivity index (χ0v) is 13.6. The van der Waals surface area contributed by atoms with Crippen LogP contribution in [0.1, 0.15) is 15.9 Å². The smallest absolute Gasteiger partial charge is 0.261 e. The minimum atomic E-state index is -0.433. The van der Waals surface area contributed by atoms with Gasteiger partial charge in [0.15, 0.2) is 0 Å². The molecule has 1 amide bonds. The van der Waals surface area contributed by atoms with Crippen molar-refractivity contribution in [3.63, 3.8) is 0 Å². The normalized spacial score (nSPS) is 10.7. The quantitative estimate of drug-likeness (QED) is 0.637. The van der Waals surface area contributed by atoms with E-state index in [0.29, 0.717) is 34.6 Å². The molecule has 24 heavy (non-hydrogen) atoms. The Balaban J connectivity index is 1.74. The molecule has 0 bridgehead atoms. The van der Waals surface area contributed by atoms with E-state index in [1.54, 1.807) is 30.3 Å². The molecule has 1 heterocycles. The summed E-state index contributed by atoms with van der Waals surface area (Å²) in [7, 11) is 0. The van der Waals surface area contributed by atoms with Crippen LogP contribution in [-0.2, 0) is 6.42 Å². The van der Waals surface area contributed by atoms with Gasteiger partial charge < -0.3 is 16.0 Å². The molecule has 122 valence electrons. The number of amides is 1. The minimum Gasteiger partial charge on any atom is -0.398 e. The summed E-state index contributed by atoms with van der Waals surface area (Å²) in [5.41, 5.74) is 7.69. The standard InChI is InChI=1S/C18H16ClN3O2/c19-12-6-4-11(5-7-12)8-9-21-17(23)14-10-13-15(20)2-1-3-16(13)22-18(14)24/h1-7,10H,8-9,20H2,(H,21,23)(H,22,24). The van der Waals surface area contributed by atoms with Crippen LogP contribution in [0.25, 0.3) is 10.9 Å². The van der Waals surface area contributed by atoms with Gasteiger partial charge in [-0.2, -0.15) is 0 Å². The number of fused-ring (bicyclic) bond motifs is 1. The van der Waals surface area contributed by atoms with Gasteiger partial charge in [-0.25, -0.2) is 0 Å². The van der Waals surface area contributed by atoms with Gasteiger partial charge >= 0.3 is 0 Å². The lowest BCUT2D eigenvalue weighted by Crippen LogP contribution is -2.31. The molecule has 2 aromatic carbocycles. The fraction of sp³-hybridized carbons (Fsp3) is 0.111. The number of nitrogens with one attached hydrogen (secondary N) is 2. The van der Waals surface area contributed by atoms with Gasteiger partial charge in [0.1, 0.15) is 5.56 Å². The molecule has 0 fully saturated rings. The number of nitrogens with two attached hydrogens (primary N) is 1. The van der Waals surface area contributed by atoms with Crippen LogP contribution in [0.3, 0.4) is 0 Å². The van der Waals surface area contributed by atoms with Gasteiger partial charge in [-0.1, -0.05) is 29.8 Å². The van der Waals surface area contributed by atoms with Crippen LogP contribution >= 0.6 is 11.6 Å². The maximum Gasteiger partial charge on any atom is 0.261 e. The summed E-state index contributed by atoms with van der Waals surface area (Å²) in [6.45, 7) is 0.419. The average Bonchev–Trinajstić information content (AvgIpc) is 2.56. The third-order valence-corrected chi connectivity index (χ3v) is 4.03. The molecule has 1 aromatic heterocycles. The molecular weight excluding hydrogens is 326 g/mol. The predicted octanol–water partition coefficient (Wildman–Crippen LogP) is 2.74. The molecule has 6 heteroatoms. The second-order valence-corrected chi connectivity index (χ2v) is 5.89. The van der Waals surface area contributed by atoms with E-state index in [2.05, 4.69) is 10.3 Å². The molecule has 0 radical (unpaired) electrons. The molecule has 0 unspecified atom stereocenters. The number of nitrogen functional groups attached to an aromatic ring is 1. The van der Waals surface area contributed by atoms with Gasteiger partial charge in [0, 0.05) is 22.6 Å². The number of carbonyl (C=O) groups excluding carboxylic acids is 1. The Bertz CT molecular complexity index is 949. The van der Waals surface area contributed by atoms with Crippen molar-refractivity contribution >= 4 is 34.1 Å². The highest BCUT2D eigenvalue weighted by Crippen LogP contribution is 2.18. The number of carbonyl (C=O) groups is 1. The summed E-state index contributed by atoms with van der Waals surface area (Å²) >= 11 is 5.84. The van der Waals surface area contributed by atoms with Crippen LogP contribution in [0.5, 0.6) is 0 Å². The molecule has 3 aromatic rings. The highest BCUT2D eigenvalue weighted by molar-refractivity contribution is 6.30. The van der Waals surface area contributed by atoms with E-state index in [4.69, 9.17) is 17.3 Å². The molecule has 0 saturated carbocycles. The lowest BCUT2D eigenvalue weighted by Gasteiger charge is -2.07. The first-order valence-corrected chi connectivity index (χ1v) is 7.86. The molecule has 0 aliphatic carbocycles. The second kappa shape index (κ2) is 6.76. The van der Waals surface area contributed by atoms with Crippen molar-refractivity contribution in [1.29, 1.82) is 0 Å². The lowest BCUT2D eigenvalue weighted by atomic mass is 10.1. The fourth-order valence-corrected chi connectivity index (χ4v) is 2.61. The monoisotopic (exact) mass is 341 g/mol. The Kier molecular flexibility index (Phi) is 4.53. The van der Waals surface area contributed by atoms with Crippen LogP contribution in [-0.4, -0.2) is 17.4 Å². The van der Waals surface area contributed by atoms with Gasteiger partial charge in [-0.15, -0.1) is 0 Å². The van der Waals surface area contributed by atoms with Crippen LogP contribution in [0, 0.1) is 0 Å². The van der Waals surface area contributed by atoms with Crippen molar-refractivity contribution in [2.75, 3.05) is 12.3 Å². The number of hydrogen-bond donors (Lipinski definition) is 3. The van der Waals surface area contributed by atoms with Crippen LogP contribution < -0.4 is 16.6 Å². The fourth-order valence-electron chi connectivity index (χ4n) is 2.49. The summed E-state index contributed by atoms with van der Waals surface area (Å²) in [5.74, 6) is -0.421. The second-order valence-electron chi connectivity index (χ2n) is 5.45. The van der Waals surface area contributed by atoms with Crippen molar-refractivity contribution in [3.8, 4) is 0 Å². The summed E-state index contributed by atoms with van der Waals surface area (Å²) in [6.07, 6.45) is 0.649. The van der Waals surface area contributed by atoms with Crippen LogP contribution in [0.2, 0.25) is 5.02 Å². The highest BCUT2D eigenvalue weighted by atomic mass is 35.5. The number of benzene rings is 2. The number of aromatic amines is 1. The Morgan fingerprint density at radius 3 is 2.67 bits per heavy atom. The summed E-state index contributed by atoms with van der Waals surface area (Å²) in [4.78, 5) is 27.0. The van der Waals surface area contributed by atoms with Crippen molar-refractivity contribution in [3.05, 3.63) is 75.0 Å². The number of H-pyrrole nitrogens is 1. The molecule has 0 saturated heterocycles. The van der Waals surface area contributed by atoms with Gasteiger partial charge in [0.05, 0.1) is 5.52 Å². The first kappa shape index (κ1) is 16.1. The van der Waals surface area contributed by atoms with E-state index in [-0.39, 0.29) is 5.56 Å². The minimum absolute atomic E-state index is 0.0523. The van der Waals surface area contributed by atoms with Gasteiger partial charge in [-0.3, -0.25) is 9.59 Å². The maximum atomic E-state index is 12.3. The number of hydrogen-bond acceptors (Lipinski definition) is 3. The molecule has 0 spiro atoms. The molecule has 0 aliphatic rings. The largest absolute Gasteiger partial charge is 0.398 e. The van der Waals surface area contributed by atoms with Crippen LogP contribution in [0.4, 0.5) is 5.69 Å². The Labute approximate surface area is 143 Å². The van der Waals surface area contributed by atoms with Crippen LogP contribution in [0.15, 0.2) is 53.3 Å². The van der Waals surface area contributed by atoms with E-state index in [0.717, 1.165) is 5.56 Å². The molecule has 0 atom stereocenters. The number of halogens is 1. The third kappa shape index (κ3) is 3.41. The SMILES string of the molecule is Nc1cccc2[nH]c(=O)c(C(=O)NCCc3ccc(Cl)cc3)cc12. The number of anilines is 1. The summed E-state index contributed by atoms with van der Waals surface area (Å²) in [5, 5.41) is 4.08. The van der Waals surface area contributed by atoms with Gasteiger partial charge in [-0.05, 0) is 42.3 Å². The van der Waals surface area contributed by atoms with Crippen molar-refractivity contribution in [1.82, 2.24) is 10.3 Å². The Morgan fingerprint density at radius 1 is 1.17 bits per heavy atom. The van der Waals surface area contributed by atoms with E-state index in [1.165, 1.54) is 6.07 Å². The van der Waals surface area contributed by atoms with E-state index in [9.17, 15) is 9.59 Å². The third-order valence-electron chi connectivity index (χ3n) is 3.78. The van der Waals surface area contributed by atoms with E-state index < -0.39 is 11.5 Å². The topological polar surface area (TPSA) is 88.0 Å². The number of rotatable bonds is 4. The number of aromatic nitrogens is 1. The molecule has 0 aliphatic heterocycles. The molecule has 5 nitrogen and oxygen atoms in total. The first-order valence-electron chi connectivity index (χ1n) is 7.49. The zero-order valence-electron chi connectivity index (χ0n) is 12.8. The first-order chi connectivity index (χ1) is 11.5. The summed E-state index contributed by atoms with van der Waals surface area (Å²) < 4.78 is 0. The highest BCUT2D eigenvalue weighted by Gasteiger charge is 2.12. The van der Waals surface area contributed by atoms with Crippen molar-refractivity contribution in [2.24, 2.45) is 0 Å². The zero-order chi connectivity index (χ0) is 17.1. The average molecular weight is 342 g/mol. The Hall–Kier alpha value is -2.79. The Morgan fingerprint density at radius 2 is 1.92 bits per heavy atom. The summed E-state index contributed by atoms with van der Waals surface area (Å²) in [6, 6.07) is 14.2. The van der Waals surface area contributed by atoms with Gasteiger partial charge in [0.25, 0.3) is 11.5 Å².